The molecule has 19 heavy (non-hydrogen) atoms. The minimum atomic E-state index is 0.845. The van der Waals surface area contributed by atoms with Crippen LogP contribution < -0.4 is 0 Å². The lowest BCUT2D eigenvalue weighted by atomic mass is 10.1. The number of nitrogens with zero attached hydrogens (tertiary/aromatic N) is 2. The van der Waals surface area contributed by atoms with E-state index >= 15 is 0 Å². The average molecular weight is 264 g/mol. The number of thiophene rings is 1. The van der Waals surface area contributed by atoms with Crippen LogP contribution in [0.5, 0.6) is 0 Å². The lowest BCUT2D eigenvalue weighted by molar-refractivity contribution is 1.06. The highest BCUT2D eigenvalue weighted by atomic mass is 32.1. The molecule has 92 valence electrons. The molecule has 0 bridgehead atoms. The number of rotatable bonds is 0. The summed E-state index contributed by atoms with van der Waals surface area (Å²) >= 11 is 1.79. The first-order valence-electron chi connectivity index (χ1n) is 6.29. The largest absolute Gasteiger partial charge is 0.237 e. The van der Waals surface area contributed by atoms with Gasteiger partial charge in [0.15, 0.2) is 0 Å². The van der Waals surface area contributed by atoms with Crippen LogP contribution in [0, 0.1) is 13.8 Å². The molecule has 3 heteroatoms. The lowest BCUT2D eigenvalue weighted by Crippen LogP contribution is -1.90. The molecule has 0 spiro atoms. The minimum absolute atomic E-state index is 0.845. The van der Waals surface area contributed by atoms with Gasteiger partial charge in [-0.2, -0.15) is 0 Å². The third-order valence-electron chi connectivity index (χ3n) is 3.49. The Balaban J connectivity index is 2.35. The monoisotopic (exact) mass is 264 g/mol. The van der Waals surface area contributed by atoms with Crippen LogP contribution in [-0.2, 0) is 0 Å². The van der Waals surface area contributed by atoms with Crippen LogP contribution in [0.1, 0.15) is 11.5 Å². The molecule has 2 aromatic carbocycles. The molecule has 0 aliphatic rings. The Labute approximate surface area is 114 Å². The van der Waals surface area contributed by atoms with Crippen LogP contribution in [0.3, 0.4) is 0 Å². The van der Waals surface area contributed by atoms with Crippen molar-refractivity contribution in [2.75, 3.05) is 0 Å². The van der Waals surface area contributed by atoms with Crippen LogP contribution in [0.2, 0.25) is 0 Å². The number of hydrogen-bond donors (Lipinski definition) is 0. The normalized spacial score (nSPS) is 11.7. The predicted molar refractivity (Wildman–Crippen MR) is 81.9 cm³/mol. The summed E-state index contributed by atoms with van der Waals surface area (Å²) in [6.07, 6.45) is 0. The zero-order valence-electron chi connectivity index (χ0n) is 10.8. The van der Waals surface area contributed by atoms with E-state index in [1.165, 1.54) is 25.6 Å². The van der Waals surface area contributed by atoms with Gasteiger partial charge in [-0.15, -0.1) is 11.3 Å². The van der Waals surface area contributed by atoms with Gasteiger partial charge in [0, 0.05) is 10.1 Å². The van der Waals surface area contributed by atoms with E-state index in [4.69, 9.17) is 0 Å². The van der Waals surface area contributed by atoms with Crippen molar-refractivity contribution in [2.45, 2.75) is 13.8 Å². The highest BCUT2D eigenvalue weighted by Crippen LogP contribution is 2.38. The second-order valence-corrected chi connectivity index (χ2v) is 5.85. The van der Waals surface area contributed by atoms with Crippen molar-refractivity contribution < 1.29 is 0 Å². The van der Waals surface area contributed by atoms with Crippen molar-refractivity contribution in [3.05, 3.63) is 47.9 Å². The zero-order chi connectivity index (χ0) is 13.0. The van der Waals surface area contributed by atoms with Gasteiger partial charge in [-0.25, -0.2) is 9.97 Å². The average Bonchev–Trinajstić information content (AvgIpc) is 2.78. The molecule has 0 radical (unpaired) electrons. The van der Waals surface area contributed by atoms with Crippen molar-refractivity contribution in [2.24, 2.45) is 0 Å². The first kappa shape index (κ1) is 10.9. The highest BCUT2D eigenvalue weighted by Gasteiger charge is 2.12. The molecule has 2 heterocycles. The summed E-state index contributed by atoms with van der Waals surface area (Å²) in [5.74, 6) is 0.845. The molecule has 0 atom stereocenters. The van der Waals surface area contributed by atoms with Gasteiger partial charge in [0.25, 0.3) is 0 Å². The van der Waals surface area contributed by atoms with Crippen LogP contribution in [0.25, 0.3) is 31.1 Å². The fourth-order valence-corrected chi connectivity index (χ4v) is 3.79. The van der Waals surface area contributed by atoms with Gasteiger partial charge in [-0.05, 0) is 30.7 Å². The molecule has 0 unspecified atom stereocenters. The fraction of sp³-hybridized carbons (Fsp3) is 0.125. The van der Waals surface area contributed by atoms with E-state index in [0.29, 0.717) is 0 Å². The van der Waals surface area contributed by atoms with Crippen LogP contribution in [-0.4, -0.2) is 9.97 Å². The summed E-state index contributed by atoms with van der Waals surface area (Å²) in [5.41, 5.74) is 2.18. The minimum Gasteiger partial charge on any atom is -0.237 e. The van der Waals surface area contributed by atoms with Gasteiger partial charge in [0.1, 0.15) is 5.82 Å². The molecule has 4 aromatic rings. The van der Waals surface area contributed by atoms with E-state index in [9.17, 15) is 0 Å². The SMILES string of the molecule is Cc1nc(C)c2sc3ccc4ccccc4c3c2n1. The molecule has 0 amide bonds. The maximum absolute atomic E-state index is 4.67. The number of benzene rings is 2. The number of aromatic nitrogens is 2. The molecule has 0 N–H and O–H groups in total. The molecule has 4 rings (SSSR count). The quantitative estimate of drug-likeness (QED) is 0.463. The lowest BCUT2D eigenvalue weighted by Gasteiger charge is -2.00. The van der Waals surface area contributed by atoms with Crippen LogP contribution in [0.15, 0.2) is 36.4 Å². The van der Waals surface area contributed by atoms with Gasteiger partial charge < -0.3 is 0 Å². The summed E-state index contributed by atoms with van der Waals surface area (Å²) in [4.78, 5) is 9.15. The molecule has 0 fully saturated rings. The van der Waals surface area contributed by atoms with Crippen molar-refractivity contribution in [3.63, 3.8) is 0 Å². The second kappa shape index (κ2) is 3.75. The number of fused-ring (bicyclic) bond motifs is 5. The Hall–Kier alpha value is -2.00. The summed E-state index contributed by atoms with van der Waals surface area (Å²) in [6, 6.07) is 12.9. The molecular formula is C16H12N2S. The maximum Gasteiger partial charge on any atom is 0.126 e. The maximum atomic E-state index is 4.67. The van der Waals surface area contributed by atoms with Crippen LogP contribution >= 0.6 is 11.3 Å². The van der Waals surface area contributed by atoms with E-state index in [0.717, 1.165) is 17.0 Å². The number of aryl methyl sites for hydroxylation is 2. The standard InChI is InChI=1S/C16H12N2S/c1-9-16-15(18-10(2)17-9)14-12-6-4-3-5-11(12)7-8-13(14)19-16/h3-8H,1-2H3. The van der Waals surface area contributed by atoms with Gasteiger partial charge in [0.2, 0.25) is 0 Å². The smallest absolute Gasteiger partial charge is 0.126 e. The van der Waals surface area contributed by atoms with Crippen molar-refractivity contribution in [3.8, 4) is 0 Å². The first-order valence-corrected chi connectivity index (χ1v) is 7.11. The van der Waals surface area contributed by atoms with Gasteiger partial charge in [-0.1, -0.05) is 30.3 Å². The predicted octanol–water partition coefficient (Wildman–Crippen LogP) is 4.61. The van der Waals surface area contributed by atoms with Gasteiger partial charge in [-0.3, -0.25) is 0 Å². The summed E-state index contributed by atoms with van der Waals surface area (Å²) in [7, 11) is 0. The van der Waals surface area contributed by atoms with Crippen molar-refractivity contribution in [1.29, 1.82) is 0 Å². The van der Waals surface area contributed by atoms with Crippen LogP contribution in [0.4, 0.5) is 0 Å². The van der Waals surface area contributed by atoms with E-state index < -0.39 is 0 Å². The van der Waals surface area contributed by atoms with E-state index in [1.807, 2.05) is 6.92 Å². The molecule has 0 saturated carbocycles. The van der Waals surface area contributed by atoms with E-state index in [1.54, 1.807) is 11.3 Å². The summed E-state index contributed by atoms with van der Waals surface area (Å²) < 4.78 is 2.49. The summed E-state index contributed by atoms with van der Waals surface area (Å²) in [5, 5.41) is 3.82. The third-order valence-corrected chi connectivity index (χ3v) is 4.74. The molecule has 0 aliphatic carbocycles. The van der Waals surface area contributed by atoms with E-state index in [-0.39, 0.29) is 0 Å². The second-order valence-electron chi connectivity index (χ2n) is 4.80. The summed E-state index contributed by atoms with van der Waals surface area (Å²) in [6.45, 7) is 4.02. The Bertz CT molecular complexity index is 938. The zero-order valence-corrected chi connectivity index (χ0v) is 11.6. The third kappa shape index (κ3) is 1.48. The first-order chi connectivity index (χ1) is 9.24. The Kier molecular flexibility index (Phi) is 2.15. The molecule has 0 aliphatic heterocycles. The number of hydrogen-bond acceptors (Lipinski definition) is 3. The highest BCUT2D eigenvalue weighted by molar-refractivity contribution is 7.26. The fourth-order valence-electron chi connectivity index (χ4n) is 2.68. The Morgan fingerprint density at radius 2 is 1.79 bits per heavy atom. The molecule has 0 saturated heterocycles. The molecule has 2 nitrogen and oxygen atoms in total. The van der Waals surface area contributed by atoms with E-state index in [2.05, 4.69) is 53.3 Å². The van der Waals surface area contributed by atoms with Crippen molar-refractivity contribution >= 4 is 42.4 Å². The molecular weight excluding hydrogens is 252 g/mol. The van der Waals surface area contributed by atoms with Gasteiger partial charge >= 0.3 is 0 Å². The van der Waals surface area contributed by atoms with Gasteiger partial charge in [0.05, 0.1) is 15.9 Å². The Morgan fingerprint density at radius 3 is 2.68 bits per heavy atom. The van der Waals surface area contributed by atoms with Crippen molar-refractivity contribution in [1.82, 2.24) is 9.97 Å². The Morgan fingerprint density at radius 1 is 0.947 bits per heavy atom. The topological polar surface area (TPSA) is 25.8 Å². The molecule has 2 aromatic heterocycles.